The van der Waals surface area contributed by atoms with Crippen LogP contribution in [0.25, 0.3) is 0 Å². The van der Waals surface area contributed by atoms with Crippen molar-refractivity contribution in [1.82, 2.24) is 4.72 Å². The molecule has 0 bridgehead atoms. The fourth-order valence-corrected chi connectivity index (χ4v) is 2.08. The predicted octanol–water partition coefficient (Wildman–Crippen LogP) is -1.06. The molecule has 0 aromatic carbocycles. The Kier molecular flexibility index (Phi) is 2.39. The summed E-state index contributed by atoms with van der Waals surface area (Å²) >= 11 is 0. The Labute approximate surface area is 71.4 Å². The maximum Gasteiger partial charge on any atom is 0.250 e. The van der Waals surface area contributed by atoms with Gasteiger partial charge >= 0.3 is 0 Å². The molecule has 1 unspecified atom stereocenters. The monoisotopic (exact) mass is 192 g/mol. The average Bonchev–Trinajstić information content (AvgIpc) is 2.65. The molecule has 1 atom stereocenters. The molecule has 6 heteroatoms. The molecule has 1 saturated carbocycles. The van der Waals surface area contributed by atoms with Crippen LogP contribution < -0.4 is 10.5 Å². The molecule has 0 aromatic heterocycles. The zero-order chi connectivity index (χ0) is 9.35. The van der Waals surface area contributed by atoms with Crippen molar-refractivity contribution in [3.63, 3.8) is 0 Å². The van der Waals surface area contributed by atoms with Crippen LogP contribution in [-0.4, -0.2) is 25.6 Å². The first-order valence-corrected chi connectivity index (χ1v) is 5.29. The Hall–Kier alpha value is -0.620. The van der Waals surface area contributed by atoms with Crippen LogP contribution in [0.15, 0.2) is 0 Å². The van der Waals surface area contributed by atoms with Gasteiger partial charge in [-0.3, -0.25) is 9.52 Å². The van der Waals surface area contributed by atoms with E-state index in [0.717, 1.165) is 0 Å². The highest BCUT2D eigenvalue weighted by atomic mass is 32.2. The van der Waals surface area contributed by atoms with E-state index in [9.17, 15) is 13.2 Å². The highest BCUT2D eigenvalue weighted by molar-refractivity contribution is 7.90. The molecule has 0 spiro atoms. The van der Waals surface area contributed by atoms with Gasteiger partial charge in [0.05, 0.1) is 11.3 Å². The molecule has 1 aliphatic rings. The van der Waals surface area contributed by atoms with Crippen LogP contribution in [0, 0.1) is 0 Å². The van der Waals surface area contributed by atoms with Crippen LogP contribution in [0.5, 0.6) is 0 Å². The third-order valence-corrected chi connectivity index (χ3v) is 3.45. The third kappa shape index (κ3) is 2.18. The Morgan fingerprint density at radius 2 is 2.08 bits per heavy atom. The molecule has 0 heterocycles. The second kappa shape index (κ2) is 3.02. The summed E-state index contributed by atoms with van der Waals surface area (Å²) in [5.41, 5.74) is 5.19. The number of rotatable bonds is 3. The number of nitrogens with one attached hydrogen (secondary N) is 1. The van der Waals surface area contributed by atoms with E-state index in [1.807, 2.05) is 4.72 Å². The summed E-state index contributed by atoms with van der Waals surface area (Å²) < 4.78 is 24.2. The SMILES string of the molecule is CC(N)C(=O)NS(=O)(=O)C1CC1. The molecule has 0 radical (unpaired) electrons. The normalized spacial score (nSPS) is 20.2. The molecule has 0 saturated heterocycles. The van der Waals surface area contributed by atoms with Gasteiger partial charge in [0.2, 0.25) is 15.9 Å². The Morgan fingerprint density at radius 3 is 2.42 bits per heavy atom. The standard InChI is InChI=1S/C6H12N2O3S/c1-4(7)6(9)8-12(10,11)5-2-3-5/h4-5H,2-3,7H2,1H3,(H,8,9). The number of nitrogens with two attached hydrogens (primary N) is 1. The van der Waals surface area contributed by atoms with E-state index < -0.39 is 22.0 Å². The lowest BCUT2D eigenvalue weighted by Crippen LogP contribution is -2.42. The molecule has 70 valence electrons. The van der Waals surface area contributed by atoms with Crippen molar-refractivity contribution in [2.45, 2.75) is 31.1 Å². The van der Waals surface area contributed by atoms with Gasteiger partial charge in [-0.15, -0.1) is 0 Å². The molecule has 1 amide bonds. The van der Waals surface area contributed by atoms with Gasteiger partial charge in [0.15, 0.2) is 0 Å². The molecule has 1 rings (SSSR count). The zero-order valence-corrected chi connectivity index (χ0v) is 7.60. The first-order valence-electron chi connectivity index (χ1n) is 3.74. The number of carbonyl (C=O) groups is 1. The largest absolute Gasteiger partial charge is 0.320 e. The lowest BCUT2D eigenvalue weighted by molar-refractivity contribution is -0.120. The molecule has 5 nitrogen and oxygen atoms in total. The molecule has 12 heavy (non-hydrogen) atoms. The number of sulfonamides is 1. The van der Waals surface area contributed by atoms with Crippen molar-refractivity contribution in [2.75, 3.05) is 0 Å². The van der Waals surface area contributed by atoms with E-state index in [4.69, 9.17) is 5.73 Å². The van der Waals surface area contributed by atoms with Crippen molar-refractivity contribution in [3.8, 4) is 0 Å². The van der Waals surface area contributed by atoms with Gasteiger partial charge in [-0.25, -0.2) is 8.42 Å². The topological polar surface area (TPSA) is 89.3 Å². The van der Waals surface area contributed by atoms with E-state index >= 15 is 0 Å². The summed E-state index contributed by atoms with van der Waals surface area (Å²) in [6, 6.07) is -0.779. The van der Waals surface area contributed by atoms with Crippen molar-refractivity contribution in [2.24, 2.45) is 5.73 Å². The Balaban J connectivity index is 2.55. The smallest absolute Gasteiger partial charge is 0.250 e. The van der Waals surface area contributed by atoms with Crippen LogP contribution in [-0.2, 0) is 14.8 Å². The second-order valence-electron chi connectivity index (χ2n) is 3.00. The number of hydrogen-bond acceptors (Lipinski definition) is 4. The summed E-state index contributed by atoms with van der Waals surface area (Å²) in [6.07, 6.45) is 1.28. The van der Waals surface area contributed by atoms with Gasteiger partial charge in [-0.2, -0.15) is 0 Å². The third-order valence-electron chi connectivity index (χ3n) is 1.62. The number of carbonyl (C=O) groups excluding carboxylic acids is 1. The van der Waals surface area contributed by atoms with Gasteiger partial charge in [0.1, 0.15) is 0 Å². The van der Waals surface area contributed by atoms with Gasteiger partial charge < -0.3 is 5.73 Å². The molecule has 0 aliphatic heterocycles. The number of hydrogen-bond donors (Lipinski definition) is 2. The highest BCUT2D eigenvalue weighted by Crippen LogP contribution is 2.27. The Bertz CT molecular complexity index is 279. The fraction of sp³-hybridized carbons (Fsp3) is 0.833. The van der Waals surface area contributed by atoms with E-state index in [1.165, 1.54) is 6.92 Å². The molecular weight excluding hydrogens is 180 g/mol. The first-order chi connectivity index (χ1) is 5.43. The van der Waals surface area contributed by atoms with Crippen molar-refractivity contribution in [1.29, 1.82) is 0 Å². The maximum absolute atomic E-state index is 11.1. The van der Waals surface area contributed by atoms with Crippen LogP contribution in [0.4, 0.5) is 0 Å². The lowest BCUT2D eigenvalue weighted by Gasteiger charge is -2.06. The van der Waals surface area contributed by atoms with Crippen molar-refractivity contribution in [3.05, 3.63) is 0 Å². The van der Waals surface area contributed by atoms with Crippen LogP contribution in [0.3, 0.4) is 0 Å². The molecule has 1 fully saturated rings. The quantitative estimate of drug-likeness (QED) is 0.596. The summed E-state index contributed by atoms with van der Waals surface area (Å²) in [5.74, 6) is -0.637. The second-order valence-corrected chi connectivity index (χ2v) is 4.96. The predicted molar refractivity (Wildman–Crippen MR) is 43.7 cm³/mol. The van der Waals surface area contributed by atoms with Crippen LogP contribution >= 0.6 is 0 Å². The minimum atomic E-state index is -3.41. The number of amides is 1. The minimum absolute atomic E-state index is 0.375. The Morgan fingerprint density at radius 1 is 1.58 bits per heavy atom. The average molecular weight is 192 g/mol. The fourth-order valence-electron chi connectivity index (χ4n) is 0.695. The van der Waals surface area contributed by atoms with Crippen LogP contribution in [0.2, 0.25) is 0 Å². The van der Waals surface area contributed by atoms with Crippen molar-refractivity contribution >= 4 is 15.9 Å². The van der Waals surface area contributed by atoms with Gasteiger partial charge in [0, 0.05) is 0 Å². The first kappa shape index (κ1) is 9.47. The summed E-state index contributed by atoms with van der Waals surface area (Å²) in [7, 11) is -3.41. The summed E-state index contributed by atoms with van der Waals surface area (Å²) in [6.45, 7) is 1.44. The zero-order valence-electron chi connectivity index (χ0n) is 6.78. The molecule has 1 aliphatic carbocycles. The molecule has 0 aromatic rings. The summed E-state index contributed by atoms with van der Waals surface area (Å²) in [4.78, 5) is 10.9. The minimum Gasteiger partial charge on any atom is -0.320 e. The van der Waals surface area contributed by atoms with Gasteiger partial charge in [-0.05, 0) is 19.8 Å². The van der Waals surface area contributed by atoms with E-state index in [1.54, 1.807) is 0 Å². The molecular formula is C6H12N2O3S. The van der Waals surface area contributed by atoms with Gasteiger partial charge in [-0.1, -0.05) is 0 Å². The molecule has 3 N–H and O–H groups in total. The summed E-state index contributed by atoms with van der Waals surface area (Å²) in [5, 5.41) is -0.375. The maximum atomic E-state index is 11.1. The van der Waals surface area contributed by atoms with Crippen LogP contribution in [0.1, 0.15) is 19.8 Å². The van der Waals surface area contributed by atoms with E-state index in [-0.39, 0.29) is 5.25 Å². The highest BCUT2D eigenvalue weighted by Gasteiger charge is 2.37. The van der Waals surface area contributed by atoms with E-state index in [2.05, 4.69) is 0 Å². The van der Waals surface area contributed by atoms with E-state index in [0.29, 0.717) is 12.8 Å². The van der Waals surface area contributed by atoms with Gasteiger partial charge in [0.25, 0.3) is 0 Å². The van der Waals surface area contributed by atoms with Crippen molar-refractivity contribution < 1.29 is 13.2 Å². The lowest BCUT2D eigenvalue weighted by atomic mass is 10.4.